The minimum absolute atomic E-state index is 0.115. The summed E-state index contributed by atoms with van der Waals surface area (Å²) in [6.45, 7) is 6.35. The first-order chi connectivity index (χ1) is 9.28. The molecule has 0 aliphatic carbocycles. The Morgan fingerprint density at radius 1 is 1.25 bits per heavy atom. The highest BCUT2D eigenvalue weighted by atomic mass is 79.9. The maximum atomic E-state index is 14.0. The molecular formula is C14H15BrF2N2O. The van der Waals surface area contributed by atoms with Gasteiger partial charge in [0, 0.05) is 16.6 Å². The third kappa shape index (κ3) is 3.43. The fourth-order valence-electron chi connectivity index (χ4n) is 1.71. The summed E-state index contributed by atoms with van der Waals surface area (Å²) >= 11 is 3.05. The molecule has 0 radical (unpaired) electrons. The molecule has 0 spiro atoms. The first-order valence-corrected chi connectivity index (χ1v) is 6.89. The maximum Gasteiger partial charge on any atom is 0.181 e. The lowest BCUT2D eigenvalue weighted by atomic mass is 10.1. The third-order valence-electron chi connectivity index (χ3n) is 2.66. The van der Waals surface area contributed by atoms with E-state index in [1.165, 1.54) is 18.5 Å². The van der Waals surface area contributed by atoms with Gasteiger partial charge in [-0.1, -0.05) is 15.9 Å². The van der Waals surface area contributed by atoms with Crippen molar-refractivity contribution in [1.82, 2.24) is 10.3 Å². The molecule has 0 atom stereocenters. The standard InChI is InChI=1S/C14H15BrF2N2O/c1-14(2,3)19-6-11-13(20-7-18-11)12-9(16)4-8(15)5-10(12)17/h4-5,7,19H,6H2,1-3H3. The van der Waals surface area contributed by atoms with Crippen molar-refractivity contribution in [2.24, 2.45) is 0 Å². The highest BCUT2D eigenvalue weighted by Gasteiger charge is 2.21. The number of rotatable bonds is 3. The first kappa shape index (κ1) is 15.1. The number of hydrogen-bond acceptors (Lipinski definition) is 3. The van der Waals surface area contributed by atoms with Gasteiger partial charge in [-0.25, -0.2) is 13.8 Å². The van der Waals surface area contributed by atoms with Gasteiger partial charge in [-0.2, -0.15) is 0 Å². The minimum Gasteiger partial charge on any atom is -0.443 e. The summed E-state index contributed by atoms with van der Waals surface area (Å²) in [5.74, 6) is -1.26. The van der Waals surface area contributed by atoms with Gasteiger partial charge in [0.05, 0.1) is 5.56 Å². The van der Waals surface area contributed by atoms with Crippen molar-refractivity contribution < 1.29 is 13.2 Å². The van der Waals surface area contributed by atoms with Crippen LogP contribution in [0.1, 0.15) is 26.5 Å². The normalized spacial score (nSPS) is 11.9. The van der Waals surface area contributed by atoms with Crippen molar-refractivity contribution in [1.29, 1.82) is 0 Å². The van der Waals surface area contributed by atoms with E-state index in [1.807, 2.05) is 20.8 Å². The molecule has 0 aliphatic heterocycles. The molecule has 6 heteroatoms. The average molecular weight is 345 g/mol. The zero-order valence-electron chi connectivity index (χ0n) is 11.4. The van der Waals surface area contributed by atoms with E-state index in [2.05, 4.69) is 26.2 Å². The van der Waals surface area contributed by atoms with Crippen LogP contribution in [0.4, 0.5) is 8.78 Å². The minimum atomic E-state index is -0.689. The molecule has 3 nitrogen and oxygen atoms in total. The fourth-order valence-corrected chi connectivity index (χ4v) is 2.11. The Labute approximate surface area is 124 Å². The van der Waals surface area contributed by atoms with Gasteiger partial charge < -0.3 is 9.73 Å². The lowest BCUT2D eigenvalue weighted by Gasteiger charge is -2.19. The first-order valence-electron chi connectivity index (χ1n) is 6.10. The molecule has 0 fully saturated rings. The van der Waals surface area contributed by atoms with Gasteiger partial charge in [0.15, 0.2) is 12.2 Å². The summed E-state index contributed by atoms with van der Waals surface area (Å²) < 4.78 is 33.4. The molecule has 0 bridgehead atoms. The van der Waals surface area contributed by atoms with Gasteiger partial charge in [0.1, 0.15) is 17.3 Å². The summed E-state index contributed by atoms with van der Waals surface area (Å²) in [5.41, 5.74) is 0.143. The molecule has 2 aromatic rings. The summed E-state index contributed by atoms with van der Waals surface area (Å²) in [6, 6.07) is 2.39. The van der Waals surface area contributed by atoms with Crippen LogP contribution in [0, 0.1) is 11.6 Å². The average Bonchev–Trinajstić information content (AvgIpc) is 2.72. The molecule has 0 unspecified atom stereocenters. The molecule has 20 heavy (non-hydrogen) atoms. The van der Waals surface area contributed by atoms with E-state index < -0.39 is 11.6 Å². The van der Waals surface area contributed by atoms with E-state index >= 15 is 0 Å². The smallest absolute Gasteiger partial charge is 0.181 e. The fraction of sp³-hybridized carbons (Fsp3) is 0.357. The Morgan fingerprint density at radius 3 is 2.40 bits per heavy atom. The van der Waals surface area contributed by atoms with Crippen molar-refractivity contribution in [3.8, 4) is 11.3 Å². The molecule has 0 saturated heterocycles. The summed E-state index contributed by atoms with van der Waals surface area (Å²) in [6.07, 6.45) is 1.19. The maximum absolute atomic E-state index is 14.0. The van der Waals surface area contributed by atoms with Gasteiger partial charge in [0.25, 0.3) is 0 Å². The summed E-state index contributed by atoms with van der Waals surface area (Å²) in [5, 5.41) is 3.21. The molecule has 1 aromatic carbocycles. The number of hydrogen-bond donors (Lipinski definition) is 1. The van der Waals surface area contributed by atoms with Gasteiger partial charge in [-0.05, 0) is 32.9 Å². The van der Waals surface area contributed by atoms with Crippen LogP contribution in [0.2, 0.25) is 0 Å². The number of nitrogens with zero attached hydrogens (tertiary/aromatic N) is 1. The van der Waals surface area contributed by atoms with Crippen LogP contribution in [0.25, 0.3) is 11.3 Å². The van der Waals surface area contributed by atoms with E-state index in [4.69, 9.17) is 4.42 Å². The highest BCUT2D eigenvalue weighted by molar-refractivity contribution is 9.10. The quantitative estimate of drug-likeness (QED) is 0.903. The van der Waals surface area contributed by atoms with Crippen molar-refractivity contribution in [3.63, 3.8) is 0 Å². The second-order valence-corrected chi connectivity index (χ2v) is 6.39. The zero-order chi connectivity index (χ0) is 14.9. The summed E-state index contributed by atoms with van der Waals surface area (Å²) in [4.78, 5) is 4.03. The molecule has 0 amide bonds. The predicted octanol–water partition coefficient (Wildman–Crippen LogP) is 4.27. The number of halogens is 3. The Bertz CT molecular complexity index is 597. The van der Waals surface area contributed by atoms with Crippen LogP contribution in [0.5, 0.6) is 0 Å². The molecule has 0 saturated carbocycles. The van der Waals surface area contributed by atoms with E-state index in [0.717, 1.165) is 0 Å². The molecule has 1 heterocycles. The molecule has 2 rings (SSSR count). The highest BCUT2D eigenvalue weighted by Crippen LogP contribution is 2.31. The van der Waals surface area contributed by atoms with Gasteiger partial charge in [-0.3, -0.25) is 0 Å². The monoisotopic (exact) mass is 344 g/mol. The van der Waals surface area contributed by atoms with Crippen molar-refractivity contribution in [3.05, 3.63) is 40.3 Å². The number of oxazole rings is 1. The summed E-state index contributed by atoms with van der Waals surface area (Å²) in [7, 11) is 0. The van der Waals surface area contributed by atoms with E-state index in [-0.39, 0.29) is 16.9 Å². The van der Waals surface area contributed by atoms with Crippen LogP contribution in [-0.4, -0.2) is 10.5 Å². The van der Waals surface area contributed by atoms with Gasteiger partial charge in [-0.15, -0.1) is 0 Å². The van der Waals surface area contributed by atoms with Crippen LogP contribution < -0.4 is 5.32 Å². The Balaban J connectivity index is 2.38. The van der Waals surface area contributed by atoms with Gasteiger partial charge >= 0.3 is 0 Å². The number of benzene rings is 1. The SMILES string of the molecule is CC(C)(C)NCc1ncoc1-c1c(F)cc(Br)cc1F. The molecule has 0 aliphatic rings. The third-order valence-corrected chi connectivity index (χ3v) is 3.12. The number of aromatic nitrogens is 1. The van der Waals surface area contributed by atoms with Crippen LogP contribution >= 0.6 is 15.9 Å². The predicted molar refractivity (Wildman–Crippen MR) is 76.1 cm³/mol. The van der Waals surface area contributed by atoms with Gasteiger partial charge in [0.2, 0.25) is 0 Å². The Morgan fingerprint density at radius 2 is 1.85 bits per heavy atom. The lowest BCUT2D eigenvalue weighted by molar-refractivity contribution is 0.421. The van der Waals surface area contributed by atoms with Crippen molar-refractivity contribution in [2.75, 3.05) is 0 Å². The lowest BCUT2D eigenvalue weighted by Crippen LogP contribution is -2.35. The number of nitrogens with one attached hydrogen (secondary N) is 1. The van der Waals surface area contributed by atoms with E-state index in [0.29, 0.717) is 16.7 Å². The van der Waals surface area contributed by atoms with Crippen molar-refractivity contribution >= 4 is 15.9 Å². The van der Waals surface area contributed by atoms with Crippen LogP contribution in [0.3, 0.4) is 0 Å². The molecular weight excluding hydrogens is 330 g/mol. The Hall–Kier alpha value is -1.27. The largest absolute Gasteiger partial charge is 0.443 e. The second-order valence-electron chi connectivity index (χ2n) is 5.48. The topological polar surface area (TPSA) is 38.1 Å². The van der Waals surface area contributed by atoms with E-state index in [1.54, 1.807) is 0 Å². The molecule has 1 N–H and O–H groups in total. The van der Waals surface area contributed by atoms with Crippen LogP contribution in [0.15, 0.2) is 27.4 Å². The van der Waals surface area contributed by atoms with Crippen molar-refractivity contribution in [2.45, 2.75) is 32.9 Å². The van der Waals surface area contributed by atoms with Crippen LogP contribution in [-0.2, 0) is 6.54 Å². The Kier molecular flexibility index (Phi) is 4.25. The second kappa shape index (κ2) is 5.61. The molecule has 108 valence electrons. The zero-order valence-corrected chi connectivity index (χ0v) is 13.0. The molecule has 1 aromatic heterocycles. The van der Waals surface area contributed by atoms with E-state index in [9.17, 15) is 8.78 Å².